The van der Waals surface area contributed by atoms with E-state index in [1.54, 1.807) is 20.8 Å². The molecule has 0 heterocycles. The van der Waals surface area contributed by atoms with Crippen LogP contribution < -0.4 is 16.0 Å². The zero-order valence-corrected chi connectivity index (χ0v) is 36.6. The number of amides is 3. The molecule has 0 aliphatic rings. The molecule has 0 aromatic rings. The highest BCUT2D eigenvalue weighted by molar-refractivity contribution is 5.85. The molecule has 0 saturated heterocycles. The Labute approximate surface area is 344 Å². The van der Waals surface area contributed by atoms with E-state index in [4.69, 9.17) is 28.8 Å². The molecule has 334 valence electrons. The molecule has 0 spiro atoms. The first kappa shape index (κ1) is 54.2. The lowest BCUT2D eigenvalue weighted by atomic mass is 10.0. The molecule has 0 aliphatic heterocycles. The standard InChI is InChI=1S/C43H81N3O11/c1-42(2,3)56-40(51)24-22-20-18-16-14-12-10-8-7-9-11-13-15-17-19-21-23-38(49)46-36(41(52)57-43(4,5)6)25-26-37(48)44-27-31-54-33-34-55-35-39(50)45-28-30-53-32-29-47/h36,47H,7-35H2,1-6H3,(H,44,48)(H,45,50)(H,46,49)/t36-/m1/s1. The number of ether oxygens (including phenoxy) is 5. The summed E-state index contributed by atoms with van der Waals surface area (Å²) in [5.41, 5.74) is -1.12. The van der Waals surface area contributed by atoms with Gasteiger partial charge in [-0.25, -0.2) is 4.79 Å². The molecular weight excluding hydrogens is 734 g/mol. The first-order chi connectivity index (χ1) is 27.1. The number of carbonyl (C=O) groups is 5. The smallest absolute Gasteiger partial charge is 0.329 e. The van der Waals surface area contributed by atoms with Crippen molar-refractivity contribution in [1.29, 1.82) is 0 Å². The molecule has 0 rings (SSSR count). The molecule has 0 unspecified atom stereocenters. The van der Waals surface area contributed by atoms with E-state index in [9.17, 15) is 24.0 Å². The topological polar surface area (TPSA) is 188 Å². The fourth-order valence-corrected chi connectivity index (χ4v) is 5.80. The van der Waals surface area contributed by atoms with E-state index in [1.165, 1.54) is 64.2 Å². The van der Waals surface area contributed by atoms with Gasteiger partial charge in [0.2, 0.25) is 17.7 Å². The van der Waals surface area contributed by atoms with Crippen LogP contribution in [0.2, 0.25) is 0 Å². The number of nitrogens with one attached hydrogen (secondary N) is 3. The van der Waals surface area contributed by atoms with Gasteiger partial charge in [0, 0.05) is 32.4 Å². The van der Waals surface area contributed by atoms with E-state index >= 15 is 0 Å². The van der Waals surface area contributed by atoms with E-state index in [1.807, 2.05) is 20.8 Å². The van der Waals surface area contributed by atoms with Gasteiger partial charge in [-0.15, -0.1) is 0 Å². The largest absolute Gasteiger partial charge is 0.460 e. The highest BCUT2D eigenvalue weighted by Crippen LogP contribution is 2.16. The fraction of sp³-hybridized carbons (Fsp3) is 0.884. The first-order valence-electron chi connectivity index (χ1n) is 21.7. The SMILES string of the molecule is CC(C)(C)OC(=O)CCCCCCCCCCCCCCCCCCC(=O)N[C@H](CCC(=O)NCCOCCOCC(=O)NCCOCCO)C(=O)OC(C)(C)C. The summed E-state index contributed by atoms with van der Waals surface area (Å²) in [7, 11) is 0. The average molecular weight is 816 g/mol. The zero-order chi connectivity index (χ0) is 42.6. The first-order valence-corrected chi connectivity index (χ1v) is 21.7. The van der Waals surface area contributed by atoms with Gasteiger partial charge in [-0.1, -0.05) is 89.9 Å². The summed E-state index contributed by atoms with van der Waals surface area (Å²) < 4.78 is 26.6. The van der Waals surface area contributed by atoms with Crippen molar-refractivity contribution in [3.8, 4) is 0 Å². The number of carbonyl (C=O) groups excluding carboxylic acids is 5. The number of esters is 2. The highest BCUT2D eigenvalue weighted by Gasteiger charge is 2.27. The summed E-state index contributed by atoms with van der Waals surface area (Å²) in [6.07, 6.45) is 19.6. The molecule has 0 aromatic heterocycles. The van der Waals surface area contributed by atoms with Crippen molar-refractivity contribution in [1.82, 2.24) is 16.0 Å². The number of aliphatic hydroxyl groups is 1. The Kier molecular flexibility index (Phi) is 33.4. The minimum atomic E-state index is -0.914. The van der Waals surface area contributed by atoms with E-state index in [0.717, 1.165) is 38.5 Å². The van der Waals surface area contributed by atoms with E-state index in [-0.39, 0.29) is 82.7 Å². The molecule has 0 fully saturated rings. The Morgan fingerprint density at radius 1 is 0.491 bits per heavy atom. The van der Waals surface area contributed by atoms with Gasteiger partial charge < -0.3 is 44.7 Å². The normalized spacial score (nSPS) is 12.2. The van der Waals surface area contributed by atoms with Crippen LogP contribution in [0.3, 0.4) is 0 Å². The molecule has 14 nitrogen and oxygen atoms in total. The van der Waals surface area contributed by atoms with E-state index in [2.05, 4.69) is 16.0 Å². The second-order valence-corrected chi connectivity index (χ2v) is 16.6. The van der Waals surface area contributed by atoms with Crippen LogP contribution in [0, 0.1) is 0 Å². The monoisotopic (exact) mass is 816 g/mol. The minimum Gasteiger partial charge on any atom is -0.460 e. The van der Waals surface area contributed by atoms with Gasteiger partial charge in [-0.3, -0.25) is 19.2 Å². The third-order valence-corrected chi connectivity index (χ3v) is 8.62. The van der Waals surface area contributed by atoms with E-state index in [0.29, 0.717) is 26.0 Å². The summed E-state index contributed by atoms with van der Waals surface area (Å²) >= 11 is 0. The number of rotatable bonds is 37. The Hall–Kier alpha value is -2.81. The lowest BCUT2D eigenvalue weighted by Crippen LogP contribution is -2.44. The zero-order valence-electron chi connectivity index (χ0n) is 36.6. The van der Waals surface area contributed by atoms with Crippen molar-refractivity contribution >= 4 is 29.7 Å². The molecule has 3 amide bonds. The molecular formula is C43H81N3O11. The number of hydrogen-bond donors (Lipinski definition) is 4. The Bertz CT molecular complexity index is 1060. The van der Waals surface area contributed by atoms with Crippen molar-refractivity contribution in [3.05, 3.63) is 0 Å². The summed E-state index contributed by atoms with van der Waals surface area (Å²) in [6, 6.07) is -0.914. The molecule has 0 radical (unpaired) electrons. The summed E-state index contributed by atoms with van der Waals surface area (Å²) in [6.45, 7) is 12.7. The number of hydrogen-bond acceptors (Lipinski definition) is 11. The molecule has 1 atom stereocenters. The predicted molar refractivity (Wildman–Crippen MR) is 222 cm³/mol. The van der Waals surface area contributed by atoms with Crippen LogP contribution in [0.4, 0.5) is 0 Å². The number of aliphatic hydroxyl groups excluding tert-OH is 1. The van der Waals surface area contributed by atoms with Gasteiger partial charge in [0.25, 0.3) is 0 Å². The lowest BCUT2D eigenvalue weighted by molar-refractivity contribution is -0.159. The maximum atomic E-state index is 12.9. The van der Waals surface area contributed by atoms with Gasteiger partial charge >= 0.3 is 11.9 Å². The maximum absolute atomic E-state index is 12.9. The summed E-state index contributed by atoms with van der Waals surface area (Å²) in [5.74, 6) is -1.41. The number of unbranched alkanes of at least 4 members (excludes halogenated alkanes) is 15. The molecule has 4 N–H and O–H groups in total. The van der Waals surface area contributed by atoms with Gasteiger partial charge in [0.1, 0.15) is 23.9 Å². The van der Waals surface area contributed by atoms with Crippen molar-refractivity contribution in [3.63, 3.8) is 0 Å². The minimum absolute atomic E-state index is 0.0351. The second-order valence-electron chi connectivity index (χ2n) is 16.6. The quantitative estimate of drug-likeness (QED) is 0.0411. The van der Waals surface area contributed by atoms with Crippen molar-refractivity contribution in [2.45, 2.75) is 187 Å². The van der Waals surface area contributed by atoms with Crippen LogP contribution >= 0.6 is 0 Å². The van der Waals surface area contributed by atoms with Crippen molar-refractivity contribution in [2.75, 3.05) is 59.3 Å². The fourth-order valence-electron chi connectivity index (χ4n) is 5.80. The predicted octanol–water partition coefficient (Wildman–Crippen LogP) is 6.23. The van der Waals surface area contributed by atoms with Gasteiger partial charge in [0.05, 0.1) is 39.6 Å². The summed E-state index contributed by atoms with van der Waals surface area (Å²) in [4.78, 5) is 61.5. The Morgan fingerprint density at radius 2 is 0.930 bits per heavy atom. The van der Waals surface area contributed by atoms with Gasteiger partial charge in [-0.05, 0) is 60.8 Å². The molecule has 0 saturated carbocycles. The lowest BCUT2D eigenvalue weighted by Gasteiger charge is -2.24. The highest BCUT2D eigenvalue weighted by atomic mass is 16.6. The maximum Gasteiger partial charge on any atom is 0.329 e. The van der Waals surface area contributed by atoms with Crippen molar-refractivity contribution < 1.29 is 52.8 Å². The van der Waals surface area contributed by atoms with Crippen LogP contribution in [0.1, 0.15) is 170 Å². The Morgan fingerprint density at radius 3 is 1.42 bits per heavy atom. The third-order valence-electron chi connectivity index (χ3n) is 8.62. The second kappa shape index (κ2) is 35.2. The van der Waals surface area contributed by atoms with Crippen LogP contribution in [0.25, 0.3) is 0 Å². The van der Waals surface area contributed by atoms with Crippen LogP contribution in [-0.2, 0) is 47.7 Å². The van der Waals surface area contributed by atoms with Gasteiger partial charge in [0.15, 0.2) is 0 Å². The van der Waals surface area contributed by atoms with Crippen LogP contribution in [-0.4, -0.2) is 111 Å². The van der Waals surface area contributed by atoms with Crippen molar-refractivity contribution in [2.24, 2.45) is 0 Å². The molecule has 0 aromatic carbocycles. The third kappa shape index (κ3) is 39.8. The molecule has 0 bridgehead atoms. The molecule has 14 heteroatoms. The summed E-state index contributed by atoms with van der Waals surface area (Å²) in [5, 5.41) is 16.8. The van der Waals surface area contributed by atoms with Crippen LogP contribution in [0.5, 0.6) is 0 Å². The van der Waals surface area contributed by atoms with Gasteiger partial charge in [-0.2, -0.15) is 0 Å². The Balaban J connectivity index is 3.97. The molecule has 57 heavy (non-hydrogen) atoms. The van der Waals surface area contributed by atoms with Crippen LogP contribution in [0.15, 0.2) is 0 Å². The molecule has 0 aliphatic carbocycles. The van der Waals surface area contributed by atoms with E-state index < -0.39 is 23.2 Å². The average Bonchev–Trinajstić information content (AvgIpc) is 3.12.